The molecule has 10 fully saturated rings. The zero-order chi connectivity index (χ0) is 32.4. The predicted molar refractivity (Wildman–Crippen MR) is 206 cm³/mol. The Labute approximate surface area is 304 Å². The van der Waals surface area contributed by atoms with Crippen LogP contribution in [0, 0.1) is 100 Å². The Hall–Kier alpha value is 0. The lowest BCUT2D eigenvalue weighted by molar-refractivity contribution is -0.0744. The summed E-state index contributed by atoms with van der Waals surface area (Å²) in [5.41, 5.74) is 0.770. The van der Waals surface area contributed by atoms with Crippen LogP contribution in [0.25, 0.3) is 0 Å². The van der Waals surface area contributed by atoms with E-state index in [1.54, 1.807) is 205 Å². The minimum absolute atomic E-state index is 0.770. The van der Waals surface area contributed by atoms with Gasteiger partial charge < -0.3 is 0 Å². The molecule has 0 N–H and O–H groups in total. The molecule has 0 aromatic rings. The largest absolute Gasteiger partial charge is 0.0533 e. The van der Waals surface area contributed by atoms with Gasteiger partial charge in [0.15, 0.2) is 0 Å². The van der Waals surface area contributed by atoms with Gasteiger partial charge in [-0.15, -0.1) is 0 Å². The van der Waals surface area contributed by atoms with Crippen LogP contribution in [-0.2, 0) is 0 Å². The van der Waals surface area contributed by atoms with Gasteiger partial charge >= 0.3 is 0 Å². The molecule has 12 atom stereocenters. The van der Waals surface area contributed by atoms with Crippen molar-refractivity contribution in [3.8, 4) is 0 Å². The number of hydrogen-bond acceptors (Lipinski definition) is 0. The van der Waals surface area contributed by atoms with Crippen LogP contribution in [0.4, 0.5) is 0 Å². The van der Waals surface area contributed by atoms with Crippen LogP contribution in [0.15, 0.2) is 0 Å². The highest BCUT2D eigenvalue weighted by Gasteiger charge is 2.73. The maximum Gasteiger partial charge on any atom is -0.0173 e. The molecular weight excluding hydrogens is 589 g/mol. The first-order valence-corrected chi connectivity index (χ1v) is 24.3. The standard InChI is InChI=1S/C49H80/c1-5-13-33(14-6-1)37-21-25-41-42-26-22-38(34-15-7-2-8-16-34)30-46(42)49(45(41)29-37)47-31-39(35-17-9-3-10-18-35)23-27-43(47)44-28-24-40(32-48(44)49)36-19-11-4-12-20-36/h33-48H,1-32H2. The van der Waals surface area contributed by atoms with Crippen LogP contribution >= 0.6 is 0 Å². The first kappa shape index (κ1) is 33.6. The zero-order valence-electron chi connectivity index (χ0n) is 32.4. The number of fused-ring (bicyclic) bond motifs is 10. The molecule has 0 aliphatic heterocycles. The van der Waals surface area contributed by atoms with Gasteiger partial charge in [-0.25, -0.2) is 0 Å². The van der Waals surface area contributed by atoms with E-state index in [2.05, 4.69) is 0 Å². The second kappa shape index (κ2) is 14.3. The Balaban J connectivity index is 1.05. The molecule has 10 rings (SSSR count). The molecule has 276 valence electrons. The number of hydrogen-bond donors (Lipinski definition) is 0. The van der Waals surface area contributed by atoms with Crippen LogP contribution in [0.3, 0.4) is 0 Å². The van der Waals surface area contributed by atoms with Crippen LogP contribution in [0.5, 0.6) is 0 Å². The predicted octanol–water partition coefficient (Wildman–Crippen LogP) is 14.5. The van der Waals surface area contributed by atoms with Crippen molar-refractivity contribution in [2.24, 2.45) is 100 Å². The van der Waals surface area contributed by atoms with E-state index >= 15 is 0 Å². The molecule has 0 aromatic heterocycles. The molecule has 1 spiro atoms. The Kier molecular flexibility index (Phi) is 9.82. The van der Waals surface area contributed by atoms with Crippen molar-refractivity contribution < 1.29 is 0 Å². The highest BCUT2D eigenvalue weighted by molar-refractivity contribution is 5.21. The molecule has 0 bridgehead atoms. The van der Waals surface area contributed by atoms with Crippen LogP contribution in [0.1, 0.15) is 205 Å². The molecule has 0 saturated heterocycles. The molecule has 10 aliphatic carbocycles. The minimum atomic E-state index is 0.770. The van der Waals surface area contributed by atoms with Crippen molar-refractivity contribution in [2.45, 2.75) is 205 Å². The first-order chi connectivity index (χ1) is 24.3. The summed E-state index contributed by atoms with van der Waals surface area (Å²) < 4.78 is 0. The van der Waals surface area contributed by atoms with E-state index in [9.17, 15) is 0 Å². The van der Waals surface area contributed by atoms with Gasteiger partial charge in [-0.2, -0.15) is 0 Å². The van der Waals surface area contributed by atoms with E-state index in [0.717, 1.165) is 100 Å². The Bertz CT molecular complexity index is 906. The Morgan fingerprint density at radius 2 is 0.429 bits per heavy atom. The fraction of sp³-hybridized carbons (Fsp3) is 1.00. The molecular formula is C49H80. The van der Waals surface area contributed by atoms with E-state index in [0.29, 0.717) is 0 Å². The van der Waals surface area contributed by atoms with Gasteiger partial charge in [0.1, 0.15) is 0 Å². The molecule has 0 radical (unpaired) electrons. The average molecular weight is 669 g/mol. The quantitative estimate of drug-likeness (QED) is 0.280. The highest BCUT2D eigenvalue weighted by atomic mass is 14.8. The van der Waals surface area contributed by atoms with Crippen molar-refractivity contribution in [3.05, 3.63) is 0 Å². The van der Waals surface area contributed by atoms with Crippen LogP contribution in [-0.4, -0.2) is 0 Å². The van der Waals surface area contributed by atoms with E-state index in [1.165, 1.54) is 0 Å². The Morgan fingerprint density at radius 3 is 0.653 bits per heavy atom. The Morgan fingerprint density at radius 1 is 0.204 bits per heavy atom. The average Bonchev–Trinajstić information content (AvgIpc) is 3.65. The summed E-state index contributed by atoms with van der Waals surface area (Å²) in [6.45, 7) is 0. The fourth-order valence-corrected chi connectivity index (χ4v) is 19.0. The molecule has 49 heavy (non-hydrogen) atoms. The van der Waals surface area contributed by atoms with E-state index in [4.69, 9.17) is 0 Å². The topological polar surface area (TPSA) is 0 Å². The molecule has 0 nitrogen and oxygen atoms in total. The second-order valence-electron chi connectivity index (χ2n) is 22.0. The van der Waals surface area contributed by atoms with Gasteiger partial charge in [0.05, 0.1) is 0 Å². The summed E-state index contributed by atoms with van der Waals surface area (Å²) in [7, 11) is 0. The van der Waals surface area contributed by atoms with Gasteiger partial charge in [0.2, 0.25) is 0 Å². The molecule has 0 heterocycles. The molecule has 12 unspecified atom stereocenters. The van der Waals surface area contributed by atoms with E-state index in [1.807, 2.05) is 0 Å². The monoisotopic (exact) mass is 669 g/mol. The maximum atomic E-state index is 1.73. The molecule has 0 amide bonds. The third-order valence-corrected chi connectivity index (χ3v) is 20.7. The second-order valence-corrected chi connectivity index (χ2v) is 22.0. The lowest BCUT2D eigenvalue weighted by Crippen LogP contribution is -2.49. The van der Waals surface area contributed by atoms with Crippen molar-refractivity contribution in [1.29, 1.82) is 0 Å². The van der Waals surface area contributed by atoms with Crippen LogP contribution < -0.4 is 0 Å². The molecule has 10 saturated carbocycles. The van der Waals surface area contributed by atoms with Gasteiger partial charge in [-0.3, -0.25) is 0 Å². The van der Waals surface area contributed by atoms with Gasteiger partial charge in [-0.05, 0) is 177 Å². The molecule has 10 aliphatic rings. The van der Waals surface area contributed by atoms with Crippen molar-refractivity contribution in [2.75, 3.05) is 0 Å². The van der Waals surface area contributed by atoms with Crippen molar-refractivity contribution in [1.82, 2.24) is 0 Å². The maximum absolute atomic E-state index is 1.73. The highest BCUT2D eigenvalue weighted by Crippen LogP contribution is 2.79. The summed E-state index contributed by atoms with van der Waals surface area (Å²) >= 11 is 0. The minimum Gasteiger partial charge on any atom is -0.0533 e. The molecule has 0 aromatic carbocycles. The van der Waals surface area contributed by atoms with Crippen molar-refractivity contribution >= 4 is 0 Å². The third-order valence-electron chi connectivity index (χ3n) is 20.7. The number of rotatable bonds is 4. The van der Waals surface area contributed by atoms with E-state index < -0.39 is 0 Å². The molecule has 0 heteroatoms. The summed E-state index contributed by atoms with van der Waals surface area (Å²) in [6, 6.07) is 0. The van der Waals surface area contributed by atoms with Gasteiger partial charge in [0.25, 0.3) is 0 Å². The van der Waals surface area contributed by atoms with E-state index in [-0.39, 0.29) is 0 Å². The zero-order valence-corrected chi connectivity index (χ0v) is 32.4. The summed E-state index contributed by atoms with van der Waals surface area (Å²) in [5, 5.41) is 0. The summed E-state index contributed by atoms with van der Waals surface area (Å²) in [4.78, 5) is 0. The SMILES string of the molecule is C1CCC(C2CCC3C4CCC(C5CCCCC5)CC4C4(C3C2)C2CC(C3CCCCC3)CCC2C2CCC(C3CCCCC3)CC24)CC1. The van der Waals surface area contributed by atoms with Gasteiger partial charge in [0, 0.05) is 0 Å². The lowest BCUT2D eigenvalue weighted by Gasteiger charge is -2.55. The summed E-state index contributed by atoms with van der Waals surface area (Å²) in [6.07, 6.45) is 51.8. The first-order valence-electron chi connectivity index (χ1n) is 24.3. The van der Waals surface area contributed by atoms with Crippen molar-refractivity contribution in [3.63, 3.8) is 0 Å². The smallest absolute Gasteiger partial charge is 0.0173 e. The van der Waals surface area contributed by atoms with Crippen LogP contribution in [0.2, 0.25) is 0 Å². The summed E-state index contributed by atoms with van der Waals surface area (Å²) in [5.74, 6) is 18.0. The lowest BCUT2D eigenvalue weighted by atomic mass is 9.49. The third kappa shape index (κ3) is 5.83. The van der Waals surface area contributed by atoms with Gasteiger partial charge in [-0.1, -0.05) is 128 Å². The fourth-order valence-electron chi connectivity index (χ4n) is 19.0. The normalized spacial score (nSPS) is 50.4.